The molecule has 5 heteroatoms. The molecule has 0 atom stereocenters. The largest absolute Gasteiger partial charge is 0.240 e. The molecule has 4 nitrogen and oxygen atoms in total. The van der Waals surface area contributed by atoms with E-state index in [0.29, 0.717) is 5.56 Å². The highest BCUT2D eigenvalue weighted by Crippen LogP contribution is 2.26. The van der Waals surface area contributed by atoms with E-state index in [9.17, 15) is 4.39 Å². The van der Waals surface area contributed by atoms with Gasteiger partial charge in [-0.05, 0) is 45.9 Å². The van der Waals surface area contributed by atoms with Gasteiger partial charge < -0.3 is 0 Å². The summed E-state index contributed by atoms with van der Waals surface area (Å²) in [4.78, 5) is 0. The molecular weight excluding hydrogens is 279 g/mol. The van der Waals surface area contributed by atoms with Crippen molar-refractivity contribution < 1.29 is 4.39 Å². The van der Waals surface area contributed by atoms with Crippen LogP contribution in [0.4, 0.5) is 4.39 Å². The van der Waals surface area contributed by atoms with E-state index in [-0.39, 0.29) is 5.82 Å². The summed E-state index contributed by atoms with van der Waals surface area (Å²) in [6.45, 7) is 7.81. The van der Waals surface area contributed by atoms with Crippen LogP contribution in [0.5, 0.6) is 0 Å². The summed E-state index contributed by atoms with van der Waals surface area (Å²) in [6.07, 6.45) is -0.427. The lowest BCUT2D eigenvalue weighted by Gasteiger charge is -2.22. The van der Waals surface area contributed by atoms with Crippen LogP contribution in [0.25, 0.3) is 0 Å². The summed E-state index contributed by atoms with van der Waals surface area (Å²) in [5, 5.41) is 9.09. The molecule has 3 aromatic rings. The number of hydrogen-bond acceptors (Lipinski definition) is 2. The molecule has 2 heterocycles. The maximum atomic E-state index is 14.4. The van der Waals surface area contributed by atoms with Crippen molar-refractivity contribution in [2.45, 2.75) is 33.9 Å². The lowest BCUT2D eigenvalue weighted by molar-refractivity contribution is 0.387. The van der Waals surface area contributed by atoms with Gasteiger partial charge in [0.15, 0.2) is 6.17 Å². The van der Waals surface area contributed by atoms with Gasteiger partial charge in [0.05, 0.1) is 11.4 Å². The zero-order valence-electron chi connectivity index (χ0n) is 13.2. The zero-order valence-corrected chi connectivity index (χ0v) is 13.2. The molecule has 1 aromatic carbocycles. The van der Waals surface area contributed by atoms with E-state index >= 15 is 0 Å². The lowest BCUT2D eigenvalue weighted by atomic mass is 10.1. The van der Waals surface area contributed by atoms with E-state index in [2.05, 4.69) is 10.2 Å². The molecule has 0 aliphatic rings. The van der Waals surface area contributed by atoms with Crippen LogP contribution in [0.15, 0.2) is 36.4 Å². The summed E-state index contributed by atoms with van der Waals surface area (Å²) < 4.78 is 18.1. The van der Waals surface area contributed by atoms with Crippen LogP contribution in [0.2, 0.25) is 0 Å². The molecule has 0 saturated heterocycles. The average Bonchev–Trinajstić information content (AvgIpc) is 2.95. The third-order valence-electron chi connectivity index (χ3n) is 3.74. The Morgan fingerprint density at radius 3 is 1.77 bits per heavy atom. The Labute approximate surface area is 129 Å². The van der Waals surface area contributed by atoms with Gasteiger partial charge in [-0.3, -0.25) is 0 Å². The van der Waals surface area contributed by atoms with Crippen LogP contribution < -0.4 is 0 Å². The molecular formula is C17H19FN4. The predicted octanol–water partition coefficient (Wildman–Crippen LogP) is 3.55. The van der Waals surface area contributed by atoms with Gasteiger partial charge in [0, 0.05) is 17.0 Å². The summed E-state index contributed by atoms with van der Waals surface area (Å²) in [6, 6.07) is 10.8. The van der Waals surface area contributed by atoms with Crippen molar-refractivity contribution in [1.29, 1.82) is 0 Å². The minimum Gasteiger partial charge on any atom is -0.240 e. The molecule has 0 unspecified atom stereocenters. The van der Waals surface area contributed by atoms with Crippen molar-refractivity contribution in [1.82, 2.24) is 19.6 Å². The van der Waals surface area contributed by atoms with Gasteiger partial charge in [-0.25, -0.2) is 13.8 Å². The lowest BCUT2D eigenvalue weighted by Crippen LogP contribution is -2.25. The number of aryl methyl sites for hydroxylation is 4. The SMILES string of the molecule is Cc1cc(C)n(C(c2ccccc2F)n2nc(C)cc2C)n1. The number of halogens is 1. The quantitative estimate of drug-likeness (QED) is 0.741. The standard InChI is InChI=1S/C17H19FN4/c1-11-9-13(3)21(19-11)17(15-7-5-6-8-16(15)18)22-14(4)10-12(2)20-22/h5-10,17H,1-4H3. The van der Waals surface area contributed by atoms with Gasteiger partial charge in [-0.2, -0.15) is 10.2 Å². The maximum absolute atomic E-state index is 14.4. The van der Waals surface area contributed by atoms with Gasteiger partial charge in [0.1, 0.15) is 5.82 Å². The molecule has 0 spiro atoms. The van der Waals surface area contributed by atoms with Crippen molar-refractivity contribution in [2.24, 2.45) is 0 Å². The van der Waals surface area contributed by atoms with E-state index < -0.39 is 6.17 Å². The van der Waals surface area contributed by atoms with E-state index in [1.165, 1.54) is 6.07 Å². The topological polar surface area (TPSA) is 35.6 Å². The fourth-order valence-electron chi connectivity index (χ4n) is 2.84. The highest BCUT2D eigenvalue weighted by Gasteiger charge is 2.24. The first-order chi connectivity index (χ1) is 10.5. The van der Waals surface area contributed by atoms with Crippen LogP contribution in [0, 0.1) is 33.5 Å². The number of hydrogen-bond donors (Lipinski definition) is 0. The minimum atomic E-state index is -0.427. The highest BCUT2D eigenvalue weighted by atomic mass is 19.1. The Kier molecular flexibility index (Phi) is 3.56. The van der Waals surface area contributed by atoms with E-state index in [0.717, 1.165) is 22.8 Å². The molecule has 0 fully saturated rings. The van der Waals surface area contributed by atoms with Crippen LogP contribution in [0.1, 0.15) is 34.5 Å². The summed E-state index contributed by atoms with van der Waals surface area (Å²) in [7, 11) is 0. The first-order valence-electron chi connectivity index (χ1n) is 7.27. The highest BCUT2D eigenvalue weighted by molar-refractivity contribution is 5.25. The number of rotatable bonds is 3. The molecule has 3 rings (SSSR count). The molecule has 0 bridgehead atoms. The predicted molar refractivity (Wildman–Crippen MR) is 83.3 cm³/mol. The normalized spacial score (nSPS) is 11.4. The van der Waals surface area contributed by atoms with E-state index in [4.69, 9.17) is 0 Å². The fraction of sp³-hybridized carbons (Fsp3) is 0.294. The molecule has 114 valence electrons. The smallest absolute Gasteiger partial charge is 0.172 e. The Bertz CT molecular complexity index is 770. The third-order valence-corrected chi connectivity index (χ3v) is 3.74. The average molecular weight is 298 g/mol. The van der Waals surface area contributed by atoms with Crippen LogP contribution in [-0.4, -0.2) is 19.6 Å². The summed E-state index contributed by atoms with van der Waals surface area (Å²) >= 11 is 0. The van der Waals surface area contributed by atoms with Gasteiger partial charge in [0.2, 0.25) is 0 Å². The van der Waals surface area contributed by atoms with Gasteiger partial charge in [-0.15, -0.1) is 0 Å². The number of aromatic nitrogens is 4. The zero-order chi connectivity index (χ0) is 15.9. The van der Waals surface area contributed by atoms with Crippen molar-refractivity contribution in [3.63, 3.8) is 0 Å². The Morgan fingerprint density at radius 2 is 1.36 bits per heavy atom. The molecule has 22 heavy (non-hydrogen) atoms. The molecule has 0 saturated carbocycles. The summed E-state index contributed by atoms with van der Waals surface area (Å²) in [5.41, 5.74) is 4.30. The Morgan fingerprint density at radius 1 is 0.864 bits per heavy atom. The third kappa shape index (κ3) is 2.43. The molecule has 0 aliphatic carbocycles. The first-order valence-corrected chi connectivity index (χ1v) is 7.27. The van der Waals surface area contributed by atoms with Gasteiger partial charge >= 0.3 is 0 Å². The van der Waals surface area contributed by atoms with Crippen LogP contribution in [-0.2, 0) is 0 Å². The summed E-state index contributed by atoms with van der Waals surface area (Å²) in [5.74, 6) is -0.257. The molecule has 2 aromatic heterocycles. The first kappa shape index (κ1) is 14.5. The molecule has 0 amide bonds. The van der Waals surface area contributed by atoms with Crippen molar-refractivity contribution in [2.75, 3.05) is 0 Å². The Hall–Kier alpha value is -2.43. The van der Waals surface area contributed by atoms with Crippen molar-refractivity contribution in [3.8, 4) is 0 Å². The van der Waals surface area contributed by atoms with E-state index in [1.807, 2.05) is 55.3 Å². The number of nitrogens with zero attached hydrogens (tertiary/aromatic N) is 4. The van der Waals surface area contributed by atoms with Crippen LogP contribution in [0.3, 0.4) is 0 Å². The van der Waals surface area contributed by atoms with E-state index in [1.54, 1.807) is 12.1 Å². The molecule has 0 aliphatic heterocycles. The van der Waals surface area contributed by atoms with Crippen molar-refractivity contribution >= 4 is 0 Å². The second-order valence-corrected chi connectivity index (χ2v) is 5.64. The minimum absolute atomic E-state index is 0.257. The Balaban J connectivity index is 2.25. The molecule has 0 radical (unpaired) electrons. The second kappa shape index (κ2) is 5.40. The van der Waals surface area contributed by atoms with Gasteiger partial charge in [-0.1, -0.05) is 18.2 Å². The maximum Gasteiger partial charge on any atom is 0.172 e. The second-order valence-electron chi connectivity index (χ2n) is 5.64. The molecule has 0 N–H and O–H groups in total. The number of benzene rings is 1. The van der Waals surface area contributed by atoms with Crippen molar-refractivity contribution in [3.05, 3.63) is 70.6 Å². The van der Waals surface area contributed by atoms with Crippen LogP contribution >= 0.6 is 0 Å². The monoisotopic (exact) mass is 298 g/mol. The van der Waals surface area contributed by atoms with Gasteiger partial charge in [0.25, 0.3) is 0 Å². The fourth-order valence-corrected chi connectivity index (χ4v) is 2.84.